The molecule has 0 heterocycles. The Bertz CT molecular complexity index is 708. The van der Waals surface area contributed by atoms with E-state index in [9.17, 15) is 23.5 Å². The predicted octanol–water partition coefficient (Wildman–Crippen LogP) is 1.75. The molecule has 5 nitrogen and oxygen atoms in total. The minimum Gasteiger partial charge on any atom is -0.394 e. The van der Waals surface area contributed by atoms with Crippen molar-refractivity contribution < 1.29 is 23.5 Å². The number of hydrogen-bond donors (Lipinski definition) is 3. The Morgan fingerprint density at radius 2 is 1.74 bits per heavy atom. The molecule has 1 atom stereocenters. The van der Waals surface area contributed by atoms with Gasteiger partial charge in [-0.05, 0) is 17.7 Å². The third kappa shape index (κ3) is 4.33. The number of aliphatic hydroxyl groups is 1. The minimum atomic E-state index is -1.16. The molecule has 2 aromatic carbocycles. The van der Waals surface area contributed by atoms with Gasteiger partial charge in [0.15, 0.2) is 0 Å². The van der Waals surface area contributed by atoms with Crippen LogP contribution in [0.3, 0.4) is 0 Å². The van der Waals surface area contributed by atoms with Crippen LogP contribution in [0.1, 0.15) is 11.6 Å². The van der Waals surface area contributed by atoms with Crippen LogP contribution in [0.5, 0.6) is 0 Å². The Kier molecular flexibility index (Phi) is 5.37. The largest absolute Gasteiger partial charge is 0.394 e. The van der Waals surface area contributed by atoms with Crippen LogP contribution in [0, 0.1) is 11.6 Å². The summed E-state index contributed by atoms with van der Waals surface area (Å²) in [6.45, 7) is -0.419. The zero-order chi connectivity index (χ0) is 16.8. The summed E-state index contributed by atoms with van der Waals surface area (Å²) in [7, 11) is 0. The van der Waals surface area contributed by atoms with Crippen molar-refractivity contribution >= 4 is 17.5 Å². The summed E-state index contributed by atoms with van der Waals surface area (Å²) >= 11 is 0. The SMILES string of the molecule is O=C(Nc1cc(F)ccc1F)C(=O)NC(CO)c1ccccc1. The fourth-order valence-corrected chi connectivity index (χ4v) is 1.92. The second-order valence-corrected chi connectivity index (χ2v) is 4.70. The fraction of sp³-hybridized carbons (Fsp3) is 0.125. The van der Waals surface area contributed by atoms with Gasteiger partial charge in [-0.1, -0.05) is 30.3 Å². The lowest BCUT2D eigenvalue weighted by molar-refractivity contribution is -0.136. The normalized spacial score (nSPS) is 11.6. The van der Waals surface area contributed by atoms with Crippen molar-refractivity contribution in [2.24, 2.45) is 0 Å². The summed E-state index contributed by atoms with van der Waals surface area (Å²) in [4.78, 5) is 23.6. The molecule has 0 aromatic heterocycles. The van der Waals surface area contributed by atoms with E-state index in [2.05, 4.69) is 5.32 Å². The van der Waals surface area contributed by atoms with E-state index in [1.165, 1.54) is 0 Å². The van der Waals surface area contributed by atoms with Gasteiger partial charge in [-0.15, -0.1) is 0 Å². The average molecular weight is 320 g/mol. The first-order valence-corrected chi connectivity index (χ1v) is 6.74. The Labute approximate surface area is 130 Å². The number of benzene rings is 2. The van der Waals surface area contributed by atoms with Crippen molar-refractivity contribution in [1.29, 1.82) is 0 Å². The number of anilines is 1. The maximum atomic E-state index is 13.4. The van der Waals surface area contributed by atoms with E-state index in [1.807, 2.05) is 5.32 Å². The summed E-state index contributed by atoms with van der Waals surface area (Å²) in [6, 6.07) is 10.2. The van der Waals surface area contributed by atoms with E-state index in [0.717, 1.165) is 18.2 Å². The number of amides is 2. The van der Waals surface area contributed by atoms with Gasteiger partial charge in [-0.3, -0.25) is 9.59 Å². The van der Waals surface area contributed by atoms with Gasteiger partial charge in [0.05, 0.1) is 18.3 Å². The Balaban J connectivity index is 2.05. The zero-order valence-corrected chi connectivity index (χ0v) is 11.9. The molecule has 0 aliphatic rings. The molecular weight excluding hydrogens is 306 g/mol. The number of aliphatic hydroxyl groups excluding tert-OH is 1. The van der Waals surface area contributed by atoms with Gasteiger partial charge in [-0.25, -0.2) is 8.78 Å². The summed E-state index contributed by atoms with van der Waals surface area (Å²) in [5.74, 6) is -3.85. The maximum Gasteiger partial charge on any atom is 0.313 e. The average Bonchev–Trinajstić information content (AvgIpc) is 2.56. The molecule has 3 N–H and O–H groups in total. The summed E-state index contributed by atoms with van der Waals surface area (Å²) < 4.78 is 26.5. The highest BCUT2D eigenvalue weighted by Crippen LogP contribution is 2.15. The number of carbonyl (C=O) groups is 2. The van der Waals surface area contributed by atoms with E-state index >= 15 is 0 Å². The zero-order valence-electron chi connectivity index (χ0n) is 11.9. The van der Waals surface area contributed by atoms with Crippen molar-refractivity contribution in [2.75, 3.05) is 11.9 Å². The number of halogens is 2. The Morgan fingerprint density at radius 1 is 1.04 bits per heavy atom. The molecule has 2 aromatic rings. The first-order chi connectivity index (χ1) is 11.0. The quantitative estimate of drug-likeness (QED) is 0.751. The molecule has 0 radical (unpaired) electrons. The molecular formula is C16H14F2N2O3. The molecule has 0 saturated heterocycles. The highest BCUT2D eigenvalue weighted by Gasteiger charge is 2.20. The molecule has 23 heavy (non-hydrogen) atoms. The van der Waals surface area contributed by atoms with Gasteiger partial charge in [-0.2, -0.15) is 0 Å². The van der Waals surface area contributed by atoms with Crippen LogP contribution in [0.2, 0.25) is 0 Å². The van der Waals surface area contributed by atoms with Crippen LogP contribution in [0.4, 0.5) is 14.5 Å². The third-order valence-corrected chi connectivity index (χ3v) is 3.07. The van der Waals surface area contributed by atoms with Crippen molar-refractivity contribution in [3.63, 3.8) is 0 Å². The van der Waals surface area contributed by atoms with Crippen LogP contribution in [0.15, 0.2) is 48.5 Å². The molecule has 120 valence electrons. The molecule has 0 aliphatic carbocycles. The highest BCUT2D eigenvalue weighted by atomic mass is 19.1. The summed E-state index contributed by atoms with van der Waals surface area (Å²) in [5.41, 5.74) is 0.165. The second kappa shape index (κ2) is 7.46. The molecule has 2 rings (SSSR count). The fourth-order valence-electron chi connectivity index (χ4n) is 1.92. The lowest BCUT2D eigenvalue weighted by Crippen LogP contribution is -2.39. The maximum absolute atomic E-state index is 13.4. The van der Waals surface area contributed by atoms with Crippen molar-refractivity contribution in [2.45, 2.75) is 6.04 Å². The summed E-state index contributed by atoms with van der Waals surface area (Å²) in [6.07, 6.45) is 0. The Hall–Kier alpha value is -2.80. The van der Waals surface area contributed by atoms with E-state index in [4.69, 9.17) is 0 Å². The monoisotopic (exact) mass is 320 g/mol. The molecule has 0 spiro atoms. The summed E-state index contributed by atoms with van der Waals surface area (Å²) in [5, 5.41) is 13.6. The van der Waals surface area contributed by atoms with Crippen LogP contribution < -0.4 is 10.6 Å². The highest BCUT2D eigenvalue weighted by molar-refractivity contribution is 6.39. The third-order valence-electron chi connectivity index (χ3n) is 3.07. The number of rotatable bonds is 4. The molecule has 0 saturated carbocycles. The van der Waals surface area contributed by atoms with Gasteiger partial charge >= 0.3 is 11.8 Å². The van der Waals surface area contributed by atoms with Gasteiger partial charge in [0.25, 0.3) is 0 Å². The molecule has 0 aliphatic heterocycles. The van der Waals surface area contributed by atoms with Crippen LogP contribution in [-0.4, -0.2) is 23.5 Å². The smallest absolute Gasteiger partial charge is 0.313 e. The second-order valence-electron chi connectivity index (χ2n) is 4.70. The number of hydrogen-bond acceptors (Lipinski definition) is 3. The standard InChI is InChI=1S/C16H14F2N2O3/c17-11-6-7-12(18)13(8-11)19-15(22)16(23)20-14(9-21)10-4-2-1-3-5-10/h1-8,14,21H,9H2,(H,19,22)(H,20,23). The molecule has 7 heteroatoms. The van der Waals surface area contributed by atoms with Crippen molar-refractivity contribution in [3.05, 3.63) is 65.7 Å². The molecule has 2 amide bonds. The van der Waals surface area contributed by atoms with Crippen molar-refractivity contribution in [3.8, 4) is 0 Å². The van der Waals surface area contributed by atoms with E-state index < -0.39 is 41.8 Å². The first-order valence-electron chi connectivity index (χ1n) is 6.74. The van der Waals surface area contributed by atoms with Gasteiger partial charge in [0, 0.05) is 6.07 Å². The predicted molar refractivity (Wildman–Crippen MR) is 79.4 cm³/mol. The number of nitrogens with one attached hydrogen (secondary N) is 2. The van der Waals surface area contributed by atoms with Crippen LogP contribution >= 0.6 is 0 Å². The van der Waals surface area contributed by atoms with E-state index in [-0.39, 0.29) is 0 Å². The molecule has 0 fully saturated rings. The molecule has 0 bridgehead atoms. The number of carbonyl (C=O) groups excluding carboxylic acids is 2. The lowest BCUT2D eigenvalue weighted by Gasteiger charge is -2.16. The Morgan fingerprint density at radius 3 is 2.39 bits per heavy atom. The van der Waals surface area contributed by atoms with Gasteiger partial charge in [0.1, 0.15) is 11.6 Å². The van der Waals surface area contributed by atoms with E-state index in [1.54, 1.807) is 30.3 Å². The van der Waals surface area contributed by atoms with Gasteiger partial charge < -0.3 is 15.7 Å². The topological polar surface area (TPSA) is 78.4 Å². The van der Waals surface area contributed by atoms with Crippen LogP contribution in [-0.2, 0) is 9.59 Å². The van der Waals surface area contributed by atoms with E-state index in [0.29, 0.717) is 5.56 Å². The minimum absolute atomic E-state index is 0.419. The lowest BCUT2D eigenvalue weighted by atomic mass is 10.1. The van der Waals surface area contributed by atoms with Gasteiger partial charge in [0.2, 0.25) is 0 Å². The van der Waals surface area contributed by atoms with Crippen LogP contribution in [0.25, 0.3) is 0 Å². The first kappa shape index (κ1) is 16.6. The van der Waals surface area contributed by atoms with Crippen molar-refractivity contribution in [1.82, 2.24) is 5.32 Å². The molecule has 1 unspecified atom stereocenters.